The Hall–Kier alpha value is -3.93. The number of nitrogens with zero attached hydrogens (tertiary/aromatic N) is 7. The number of hydrogen-bond acceptors (Lipinski definition) is 9. The lowest BCUT2D eigenvalue weighted by molar-refractivity contribution is -0.129. The van der Waals surface area contributed by atoms with Gasteiger partial charge in [-0.2, -0.15) is 15.1 Å². The Morgan fingerprint density at radius 1 is 1.22 bits per heavy atom. The minimum absolute atomic E-state index is 0.108. The van der Waals surface area contributed by atoms with E-state index in [-0.39, 0.29) is 18.1 Å². The molecule has 1 aromatic carbocycles. The van der Waals surface area contributed by atoms with E-state index < -0.39 is 11.7 Å². The highest BCUT2D eigenvalue weighted by Gasteiger charge is 2.37. The molecule has 1 amide bonds. The Balaban J connectivity index is 1.36. The number of rotatable bonds is 6. The van der Waals surface area contributed by atoms with Crippen molar-refractivity contribution in [1.82, 2.24) is 30.0 Å². The van der Waals surface area contributed by atoms with Crippen molar-refractivity contribution in [3.8, 4) is 11.8 Å². The summed E-state index contributed by atoms with van der Waals surface area (Å²) >= 11 is 0. The number of carbonyl (C=O) groups is 1. The summed E-state index contributed by atoms with van der Waals surface area (Å²) in [7, 11) is 4.13. The van der Waals surface area contributed by atoms with Crippen molar-refractivity contribution in [2.24, 2.45) is 0 Å². The van der Waals surface area contributed by atoms with E-state index in [9.17, 15) is 9.18 Å². The largest absolute Gasteiger partial charge is 0.484 e. The maximum Gasteiger partial charge on any atom is 0.320 e. The molecule has 0 saturated carbocycles. The first-order valence-corrected chi connectivity index (χ1v) is 14.2. The predicted molar refractivity (Wildman–Crippen MR) is 154 cm³/mol. The Kier molecular flexibility index (Phi) is 7.18. The van der Waals surface area contributed by atoms with Crippen LogP contribution in [0.3, 0.4) is 0 Å². The van der Waals surface area contributed by atoms with Gasteiger partial charge in [0.15, 0.2) is 17.5 Å². The second kappa shape index (κ2) is 10.8. The standard InChI is InChI=1S/C29H37FN8O3/c1-17-8-9-22-21(13-31-34-22)24(17)23-16-40-25-26(36(23)5)32-29(41-15-20-7-6-10-35(20)4)33-27(25)38-12-11-37(14-18(38)2)28(39)19(3)30/h8-9,13,18,20,23H,3,6-7,10-12,14-16H2,1-2,4-5H3,(H,31,34)/t18-,20-,23?/m0/s1. The smallest absolute Gasteiger partial charge is 0.320 e. The molecule has 0 spiro atoms. The van der Waals surface area contributed by atoms with Gasteiger partial charge in [0, 0.05) is 44.2 Å². The highest BCUT2D eigenvalue weighted by Crippen LogP contribution is 2.45. The number of H-pyrrole nitrogens is 1. The molecule has 11 nitrogen and oxygen atoms in total. The van der Waals surface area contributed by atoms with Gasteiger partial charge in [-0.25, -0.2) is 4.39 Å². The van der Waals surface area contributed by atoms with Gasteiger partial charge in [-0.15, -0.1) is 0 Å². The lowest BCUT2D eigenvalue weighted by atomic mass is 9.96. The third kappa shape index (κ3) is 4.94. The van der Waals surface area contributed by atoms with Gasteiger partial charge in [-0.1, -0.05) is 12.6 Å². The van der Waals surface area contributed by atoms with E-state index in [2.05, 4.69) is 51.5 Å². The number of amides is 1. The van der Waals surface area contributed by atoms with Crippen LogP contribution in [-0.4, -0.2) is 101 Å². The highest BCUT2D eigenvalue weighted by atomic mass is 19.1. The lowest BCUT2D eigenvalue weighted by Gasteiger charge is -2.42. The zero-order valence-corrected chi connectivity index (χ0v) is 24.1. The normalized spacial score (nSPS) is 23.0. The molecule has 0 aliphatic carbocycles. The van der Waals surface area contributed by atoms with Crippen molar-refractivity contribution in [3.05, 3.63) is 41.9 Å². The molecule has 3 aliphatic rings. The first kappa shape index (κ1) is 27.3. The summed E-state index contributed by atoms with van der Waals surface area (Å²) in [6.45, 7) is 10.3. The second-order valence-corrected chi connectivity index (χ2v) is 11.3. The Morgan fingerprint density at radius 3 is 2.76 bits per heavy atom. The Labute approximate surface area is 238 Å². The molecule has 3 aromatic rings. The van der Waals surface area contributed by atoms with Gasteiger partial charge in [-0.3, -0.25) is 9.89 Å². The molecule has 1 N–H and O–H groups in total. The minimum atomic E-state index is -0.948. The molecular weight excluding hydrogens is 527 g/mol. The predicted octanol–water partition coefficient (Wildman–Crippen LogP) is 3.22. The van der Waals surface area contributed by atoms with Crippen LogP contribution < -0.4 is 19.3 Å². The first-order chi connectivity index (χ1) is 19.7. The van der Waals surface area contributed by atoms with Crippen molar-refractivity contribution in [3.63, 3.8) is 0 Å². The van der Waals surface area contributed by atoms with Gasteiger partial charge in [0.05, 0.1) is 17.8 Å². The van der Waals surface area contributed by atoms with E-state index in [1.54, 1.807) is 0 Å². The summed E-state index contributed by atoms with van der Waals surface area (Å²) in [6, 6.07) is 4.47. The quantitative estimate of drug-likeness (QED) is 0.452. The van der Waals surface area contributed by atoms with Crippen LogP contribution in [-0.2, 0) is 4.79 Å². The van der Waals surface area contributed by atoms with Crippen LogP contribution in [0.15, 0.2) is 30.7 Å². The number of likely N-dealkylation sites (N-methyl/N-ethyl adjacent to an activating group) is 2. The van der Waals surface area contributed by atoms with Gasteiger partial charge >= 0.3 is 6.01 Å². The van der Waals surface area contributed by atoms with Gasteiger partial charge in [-0.05, 0) is 57.5 Å². The zero-order valence-electron chi connectivity index (χ0n) is 24.1. The molecule has 2 aromatic heterocycles. The average Bonchev–Trinajstić information content (AvgIpc) is 3.60. The number of aromatic nitrogens is 4. The molecule has 3 atom stereocenters. The van der Waals surface area contributed by atoms with Crippen LogP contribution in [0.1, 0.15) is 36.9 Å². The fourth-order valence-corrected chi connectivity index (χ4v) is 6.31. The summed E-state index contributed by atoms with van der Waals surface area (Å²) < 4.78 is 26.3. The van der Waals surface area contributed by atoms with Crippen LogP contribution in [0.2, 0.25) is 0 Å². The fraction of sp³-hybridized carbons (Fsp3) is 0.517. The minimum Gasteiger partial charge on any atom is -0.484 e. The molecule has 41 heavy (non-hydrogen) atoms. The van der Waals surface area contributed by atoms with Crippen molar-refractivity contribution in [2.75, 3.05) is 63.3 Å². The number of piperazine rings is 1. The molecule has 6 rings (SSSR count). The van der Waals surface area contributed by atoms with E-state index in [0.717, 1.165) is 41.4 Å². The van der Waals surface area contributed by atoms with Crippen molar-refractivity contribution in [1.29, 1.82) is 0 Å². The van der Waals surface area contributed by atoms with Crippen molar-refractivity contribution < 1.29 is 18.7 Å². The number of ether oxygens (including phenoxy) is 2. The number of aromatic amines is 1. The van der Waals surface area contributed by atoms with Crippen molar-refractivity contribution >= 4 is 28.4 Å². The monoisotopic (exact) mass is 564 g/mol. The third-order valence-electron chi connectivity index (χ3n) is 8.71. The summed E-state index contributed by atoms with van der Waals surface area (Å²) in [5.41, 5.74) is 3.24. The topological polar surface area (TPSA) is 103 Å². The van der Waals surface area contributed by atoms with Gasteiger partial charge in [0.25, 0.3) is 5.91 Å². The maximum absolute atomic E-state index is 13.6. The molecular formula is C29H37FN8O3. The number of benzene rings is 1. The van der Waals surface area contributed by atoms with Crippen molar-refractivity contribution in [2.45, 2.75) is 44.8 Å². The van der Waals surface area contributed by atoms with Gasteiger partial charge in [0.2, 0.25) is 5.75 Å². The summed E-state index contributed by atoms with van der Waals surface area (Å²) in [5, 5.41) is 8.38. The average molecular weight is 565 g/mol. The lowest BCUT2D eigenvalue weighted by Crippen LogP contribution is -2.54. The molecule has 2 fully saturated rings. The number of hydrogen-bond donors (Lipinski definition) is 1. The zero-order chi connectivity index (χ0) is 28.8. The summed E-state index contributed by atoms with van der Waals surface area (Å²) in [4.78, 5) is 30.0. The third-order valence-corrected chi connectivity index (χ3v) is 8.71. The molecule has 3 aliphatic heterocycles. The van der Waals surface area contributed by atoms with Crippen LogP contribution in [0.25, 0.3) is 10.9 Å². The Bertz CT molecular complexity index is 1480. The number of anilines is 2. The van der Waals surface area contributed by atoms with E-state index in [1.807, 2.05) is 26.2 Å². The molecule has 1 unspecified atom stereocenters. The SMILES string of the molecule is C=C(F)C(=O)N1CCN(c2nc(OC[C@@H]3CCCN3C)nc3c2OCC(c2c(C)ccc4[nH]ncc24)N3C)[C@@H](C)C1. The number of fused-ring (bicyclic) bond motifs is 2. The highest BCUT2D eigenvalue weighted by molar-refractivity contribution is 5.91. The number of aryl methyl sites for hydroxylation is 1. The molecule has 218 valence electrons. The van der Waals surface area contributed by atoms with E-state index in [1.165, 1.54) is 4.90 Å². The van der Waals surface area contributed by atoms with Crippen LogP contribution in [0.4, 0.5) is 16.0 Å². The molecule has 5 heterocycles. The van der Waals surface area contributed by atoms with E-state index >= 15 is 0 Å². The number of halogens is 1. The number of likely N-dealkylation sites (tertiary alicyclic amines) is 1. The van der Waals surface area contributed by atoms with Gasteiger partial charge in [0.1, 0.15) is 13.2 Å². The number of nitrogens with one attached hydrogen (secondary N) is 1. The molecule has 2 saturated heterocycles. The van der Waals surface area contributed by atoms with Crippen LogP contribution in [0.5, 0.6) is 11.8 Å². The molecule has 0 bridgehead atoms. The molecule has 0 radical (unpaired) electrons. The summed E-state index contributed by atoms with van der Waals surface area (Å²) in [6.07, 6.45) is 4.07. The van der Waals surface area contributed by atoms with Gasteiger partial charge < -0.3 is 29.1 Å². The fourth-order valence-electron chi connectivity index (χ4n) is 6.31. The maximum atomic E-state index is 13.6. The van der Waals surface area contributed by atoms with E-state index in [4.69, 9.17) is 19.4 Å². The van der Waals surface area contributed by atoms with Crippen LogP contribution >= 0.6 is 0 Å². The Morgan fingerprint density at radius 2 is 2.02 bits per heavy atom. The first-order valence-electron chi connectivity index (χ1n) is 14.2. The molecule has 12 heteroatoms. The number of carbonyl (C=O) groups excluding carboxylic acids is 1. The summed E-state index contributed by atoms with van der Waals surface area (Å²) in [5.74, 6) is 0.216. The second-order valence-electron chi connectivity index (χ2n) is 11.3. The van der Waals surface area contributed by atoms with Crippen LogP contribution in [0, 0.1) is 6.92 Å². The van der Waals surface area contributed by atoms with E-state index in [0.29, 0.717) is 56.3 Å².